The Kier molecular flexibility index (Phi) is 7.07. The van der Waals surface area contributed by atoms with Crippen LogP contribution in [-0.2, 0) is 10.0 Å². The van der Waals surface area contributed by atoms with Crippen molar-refractivity contribution in [3.63, 3.8) is 0 Å². The topological polar surface area (TPSA) is 40.6 Å². The third kappa shape index (κ3) is 4.96. The van der Waals surface area contributed by atoms with E-state index < -0.39 is 10.0 Å². The van der Waals surface area contributed by atoms with Crippen LogP contribution in [0.25, 0.3) is 22.3 Å². The summed E-state index contributed by atoms with van der Waals surface area (Å²) in [4.78, 5) is 2.24. The van der Waals surface area contributed by atoms with Gasteiger partial charge in [0.2, 0.25) is 10.0 Å². The molecule has 0 spiro atoms. The Morgan fingerprint density at radius 2 is 1.34 bits per heavy atom. The minimum atomic E-state index is -3.88. The fourth-order valence-electron chi connectivity index (χ4n) is 5.12. The van der Waals surface area contributed by atoms with E-state index in [0.29, 0.717) is 35.7 Å². The zero-order valence-corrected chi connectivity index (χ0v) is 22.4. The second-order valence-corrected chi connectivity index (χ2v) is 12.1. The molecule has 0 amide bonds. The van der Waals surface area contributed by atoms with Gasteiger partial charge in [-0.2, -0.15) is 4.31 Å². The third-order valence-corrected chi connectivity index (χ3v) is 9.02. The summed E-state index contributed by atoms with van der Waals surface area (Å²) < 4.78 is 57.4. The third-order valence-electron chi connectivity index (χ3n) is 7.08. The molecule has 0 N–H and O–H groups in total. The molecule has 0 unspecified atom stereocenters. The van der Waals surface area contributed by atoms with Crippen LogP contribution in [0.5, 0.6) is 0 Å². The van der Waals surface area contributed by atoms with Crippen molar-refractivity contribution in [3.05, 3.63) is 103 Å². The van der Waals surface area contributed by atoms with Crippen molar-refractivity contribution < 1.29 is 17.2 Å². The second kappa shape index (κ2) is 10.3. The maximum Gasteiger partial charge on any atom is 0.245 e. The predicted octanol–water partition coefficient (Wildman–Crippen LogP) is 7.49. The van der Waals surface area contributed by atoms with Crippen molar-refractivity contribution in [1.29, 1.82) is 0 Å². The Hall–Kier alpha value is -3.55. The predicted molar refractivity (Wildman–Crippen MR) is 149 cm³/mol. The highest BCUT2D eigenvalue weighted by Gasteiger charge is 2.38. The molecule has 7 heteroatoms. The van der Waals surface area contributed by atoms with Gasteiger partial charge < -0.3 is 4.90 Å². The zero-order chi connectivity index (χ0) is 27.0. The smallest absolute Gasteiger partial charge is 0.245 e. The first-order chi connectivity index (χ1) is 18.1. The summed E-state index contributed by atoms with van der Waals surface area (Å²) in [5, 5.41) is 0. The number of sulfonamides is 1. The van der Waals surface area contributed by atoms with Crippen LogP contribution in [0.3, 0.4) is 0 Å². The van der Waals surface area contributed by atoms with E-state index >= 15 is 0 Å². The number of fused-ring (bicyclic) bond motifs is 1. The zero-order valence-electron chi connectivity index (χ0n) is 21.6. The lowest BCUT2D eigenvalue weighted by atomic mass is 9.93. The molecule has 1 aliphatic heterocycles. The lowest BCUT2D eigenvalue weighted by Gasteiger charge is -2.30. The molecule has 0 fully saturated rings. The Labute approximate surface area is 223 Å². The number of anilines is 2. The Balaban J connectivity index is 1.82. The fraction of sp³-hybridized carbons (Fsp3) is 0.226. The summed E-state index contributed by atoms with van der Waals surface area (Å²) in [6.07, 6.45) is 0.697. The summed E-state index contributed by atoms with van der Waals surface area (Å²) >= 11 is 0. The van der Waals surface area contributed by atoms with E-state index in [2.05, 4.69) is 18.7 Å². The van der Waals surface area contributed by atoms with Crippen LogP contribution >= 0.6 is 0 Å². The fourth-order valence-corrected chi connectivity index (χ4v) is 6.67. The molecule has 0 aromatic heterocycles. The Morgan fingerprint density at radius 3 is 1.87 bits per heavy atom. The summed E-state index contributed by atoms with van der Waals surface area (Å²) in [6, 6.07) is 25.1. The SMILES string of the molecule is CC(C)C[C@@H]1CN(c2ccccc2)c2cc(-c3ccc(F)cc3)c(-c3ccc(F)cc3)cc2S(=O)(=O)N1C. The van der Waals surface area contributed by atoms with Gasteiger partial charge in [-0.15, -0.1) is 0 Å². The monoisotopic (exact) mass is 532 g/mol. The lowest BCUT2D eigenvalue weighted by Crippen LogP contribution is -2.41. The number of benzene rings is 4. The quantitative estimate of drug-likeness (QED) is 0.267. The second-order valence-electron chi connectivity index (χ2n) is 10.1. The van der Waals surface area contributed by atoms with E-state index in [0.717, 1.165) is 16.8 Å². The summed E-state index contributed by atoms with van der Waals surface area (Å²) in [5.41, 5.74) is 4.20. The molecule has 0 radical (unpaired) electrons. The first-order valence-electron chi connectivity index (χ1n) is 12.7. The summed E-state index contributed by atoms with van der Waals surface area (Å²) in [7, 11) is -2.23. The van der Waals surface area contributed by atoms with Crippen LogP contribution in [-0.4, -0.2) is 32.4 Å². The molecule has 0 saturated carbocycles. The molecular weight excluding hydrogens is 502 g/mol. The van der Waals surface area contributed by atoms with Crippen LogP contribution in [0.15, 0.2) is 95.9 Å². The normalized spacial score (nSPS) is 17.3. The van der Waals surface area contributed by atoms with E-state index in [9.17, 15) is 17.2 Å². The molecule has 196 valence electrons. The number of hydrogen-bond donors (Lipinski definition) is 0. The van der Waals surface area contributed by atoms with Crippen molar-refractivity contribution >= 4 is 21.4 Å². The Bertz CT molecular complexity index is 1540. The number of hydrogen-bond acceptors (Lipinski definition) is 3. The molecule has 4 nitrogen and oxygen atoms in total. The van der Waals surface area contributed by atoms with Gasteiger partial charge in [-0.25, -0.2) is 17.2 Å². The van der Waals surface area contributed by atoms with Gasteiger partial charge in [-0.3, -0.25) is 0 Å². The molecule has 1 atom stereocenters. The first-order valence-corrected chi connectivity index (χ1v) is 14.1. The van der Waals surface area contributed by atoms with E-state index in [4.69, 9.17) is 0 Å². The first kappa shape index (κ1) is 26.1. The molecule has 4 aromatic rings. The van der Waals surface area contributed by atoms with Gasteiger partial charge in [0, 0.05) is 25.3 Å². The van der Waals surface area contributed by atoms with Crippen molar-refractivity contribution in [1.82, 2.24) is 4.31 Å². The lowest BCUT2D eigenvalue weighted by molar-refractivity contribution is 0.326. The van der Waals surface area contributed by atoms with Crippen molar-refractivity contribution in [2.24, 2.45) is 5.92 Å². The minimum Gasteiger partial charge on any atom is -0.339 e. The number of likely N-dealkylation sites (N-methyl/N-ethyl adjacent to an activating group) is 1. The highest BCUT2D eigenvalue weighted by Crippen LogP contribution is 2.44. The molecule has 0 aliphatic carbocycles. The number of halogens is 2. The molecule has 1 heterocycles. The average Bonchev–Trinajstić information content (AvgIpc) is 2.98. The van der Waals surface area contributed by atoms with Crippen molar-refractivity contribution in [2.45, 2.75) is 31.2 Å². The van der Waals surface area contributed by atoms with Crippen LogP contribution < -0.4 is 4.90 Å². The molecule has 4 aromatic carbocycles. The van der Waals surface area contributed by atoms with Crippen molar-refractivity contribution in [2.75, 3.05) is 18.5 Å². The highest BCUT2D eigenvalue weighted by atomic mass is 32.2. The Morgan fingerprint density at radius 1 is 0.816 bits per heavy atom. The van der Waals surface area contributed by atoms with Gasteiger partial charge in [0.25, 0.3) is 0 Å². The van der Waals surface area contributed by atoms with Crippen LogP contribution in [0.1, 0.15) is 20.3 Å². The molecular formula is C31H30F2N2O2S. The van der Waals surface area contributed by atoms with E-state index in [1.54, 1.807) is 37.4 Å². The van der Waals surface area contributed by atoms with Gasteiger partial charge >= 0.3 is 0 Å². The molecule has 0 saturated heterocycles. The number of rotatable bonds is 5. The largest absolute Gasteiger partial charge is 0.339 e. The minimum absolute atomic E-state index is 0.181. The molecule has 1 aliphatic rings. The van der Waals surface area contributed by atoms with Crippen LogP contribution in [0, 0.1) is 17.6 Å². The standard InChI is InChI=1S/C31H30F2N2O2S/c1-21(2)17-27-20-35(26-7-5-4-6-8-26)30-18-28(22-9-13-24(32)14-10-22)29(23-11-15-25(33)16-12-23)19-31(30)38(36,37)34(27)3/h4-16,18-19,21,27H,17,20H2,1-3H3/t27-/m1/s1. The van der Waals surface area contributed by atoms with Crippen molar-refractivity contribution in [3.8, 4) is 22.3 Å². The molecule has 0 bridgehead atoms. The number of para-hydroxylation sites is 1. The maximum atomic E-state index is 14.1. The van der Waals surface area contributed by atoms with Crippen LogP contribution in [0.2, 0.25) is 0 Å². The van der Waals surface area contributed by atoms with Gasteiger partial charge in [0.1, 0.15) is 16.5 Å². The number of nitrogens with zero attached hydrogens (tertiary/aromatic N) is 2. The molecule has 38 heavy (non-hydrogen) atoms. The van der Waals surface area contributed by atoms with E-state index in [1.165, 1.54) is 28.6 Å². The summed E-state index contributed by atoms with van der Waals surface area (Å²) in [5.74, 6) is -0.453. The van der Waals surface area contributed by atoms with Gasteiger partial charge in [-0.1, -0.05) is 56.3 Å². The highest BCUT2D eigenvalue weighted by molar-refractivity contribution is 7.89. The maximum absolute atomic E-state index is 14.1. The van der Waals surface area contributed by atoms with E-state index in [1.807, 2.05) is 36.4 Å². The summed E-state index contributed by atoms with van der Waals surface area (Å²) in [6.45, 7) is 4.65. The van der Waals surface area contributed by atoms with Gasteiger partial charge in [0.05, 0.1) is 5.69 Å². The van der Waals surface area contributed by atoms with E-state index in [-0.39, 0.29) is 22.6 Å². The van der Waals surface area contributed by atoms with Gasteiger partial charge in [-0.05, 0) is 83.1 Å². The van der Waals surface area contributed by atoms with Gasteiger partial charge in [0.15, 0.2) is 0 Å². The average molecular weight is 533 g/mol. The molecule has 5 rings (SSSR count). The van der Waals surface area contributed by atoms with Crippen LogP contribution in [0.4, 0.5) is 20.2 Å².